The van der Waals surface area contributed by atoms with Crippen LogP contribution in [0.3, 0.4) is 0 Å². The van der Waals surface area contributed by atoms with Gasteiger partial charge in [0.25, 0.3) is 0 Å². The maximum absolute atomic E-state index is 11.5. The average Bonchev–Trinajstić information content (AvgIpc) is 2.03. The summed E-state index contributed by atoms with van der Waals surface area (Å²) in [5, 5.41) is 0. The van der Waals surface area contributed by atoms with E-state index in [2.05, 4.69) is 6.58 Å². The first-order chi connectivity index (χ1) is 5.95. The Kier molecular flexibility index (Phi) is 5.54. The SMILES string of the molecule is C=CCC(C)C(C)P(=O)(O)OCC. The summed E-state index contributed by atoms with van der Waals surface area (Å²) >= 11 is 0. The van der Waals surface area contributed by atoms with Gasteiger partial charge in [-0.2, -0.15) is 0 Å². The third-order valence-corrected chi connectivity index (χ3v) is 4.36. The molecule has 1 N–H and O–H groups in total. The Morgan fingerprint density at radius 1 is 1.62 bits per heavy atom. The van der Waals surface area contributed by atoms with Crippen LogP contribution in [0.15, 0.2) is 12.7 Å². The van der Waals surface area contributed by atoms with Gasteiger partial charge in [0.15, 0.2) is 0 Å². The molecule has 0 rings (SSSR count). The maximum Gasteiger partial charge on any atom is 0.331 e. The van der Waals surface area contributed by atoms with Crippen LogP contribution in [0.4, 0.5) is 0 Å². The highest BCUT2D eigenvalue weighted by atomic mass is 31.2. The predicted molar refractivity (Wildman–Crippen MR) is 54.9 cm³/mol. The highest BCUT2D eigenvalue weighted by Gasteiger charge is 2.31. The molecule has 0 bridgehead atoms. The lowest BCUT2D eigenvalue weighted by atomic mass is 10.1. The van der Waals surface area contributed by atoms with Gasteiger partial charge in [-0.25, -0.2) is 0 Å². The fraction of sp³-hybridized carbons (Fsp3) is 0.778. The summed E-state index contributed by atoms with van der Waals surface area (Å²) in [6.45, 7) is 9.26. The lowest BCUT2D eigenvalue weighted by Crippen LogP contribution is -2.15. The number of rotatable bonds is 6. The van der Waals surface area contributed by atoms with Crippen LogP contribution in [-0.2, 0) is 9.09 Å². The van der Waals surface area contributed by atoms with E-state index in [0.29, 0.717) is 0 Å². The summed E-state index contributed by atoms with van der Waals surface area (Å²) in [5.41, 5.74) is -0.328. The molecule has 0 spiro atoms. The Labute approximate surface area is 80.3 Å². The van der Waals surface area contributed by atoms with Gasteiger partial charge in [0.05, 0.1) is 12.3 Å². The second kappa shape index (κ2) is 5.58. The highest BCUT2D eigenvalue weighted by Crippen LogP contribution is 2.50. The van der Waals surface area contributed by atoms with Crippen molar-refractivity contribution in [1.82, 2.24) is 0 Å². The smallest absolute Gasteiger partial charge is 0.324 e. The molecule has 0 aromatic carbocycles. The van der Waals surface area contributed by atoms with Gasteiger partial charge in [0, 0.05) is 0 Å². The minimum atomic E-state index is -3.42. The van der Waals surface area contributed by atoms with Crippen LogP contribution in [0.1, 0.15) is 27.2 Å². The molecule has 13 heavy (non-hydrogen) atoms. The van der Waals surface area contributed by atoms with Crippen molar-refractivity contribution in [3.63, 3.8) is 0 Å². The molecule has 0 fully saturated rings. The Hall–Kier alpha value is -0.110. The van der Waals surface area contributed by atoms with Crippen molar-refractivity contribution in [3.05, 3.63) is 12.7 Å². The highest BCUT2D eigenvalue weighted by molar-refractivity contribution is 7.53. The quantitative estimate of drug-likeness (QED) is 0.537. The van der Waals surface area contributed by atoms with Gasteiger partial charge in [-0.1, -0.05) is 19.9 Å². The normalized spacial score (nSPS) is 20.3. The van der Waals surface area contributed by atoms with Crippen molar-refractivity contribution in [2.45, 2.75) is 32.9 Å². The zero-order valence-corrected chi connectivity index (χ0v) is 9.46. The van der Waals surface area contributed by atoms with Gasteiger partial charge in [0.1, 0.15) is 0 Å². The first-order valence-electron chi connectivity index (χ1n) is 4.53. The van der Waals surface area contributed by atoms with E-state index in [1.165, 1.54) is 0 Å². The van der Waals surface area contributed by atoms with E-state index in [4.69, 9.17) is 4.52 Å². The summed E-state index contributed by atoms with van der Waals surface area (Å²) < 4.78 is 16.4. The lowest BCUT2D eigenvalue weighted by Gasteiger charge is -2.23. The molecule has 78 valence electrons. The standard InChI is InChI=1S/C9H19O3P/c1-5-7-8(3)9(4)13(10,11)12-6-2/h5,8-9H,1,6-7H2,2-4H3,(H,10,11). The van der Waals surface area contributed by atoms with E-state index in [1.807, 2.05) is 6.92 Å². The molecule has 0 aromatic rings. The maximum atomic E-state index is 11.5. The van der Waals surface area contributed by atoms with Crippen LogP contribution in [0.25, 0.3) is 0 Å². The molecular weight excluding hydrogens is 187 g/mol. The van der Waals surface area contributed by atoms with Crippen LogP contribution in [0.5, 0.6) is 0 Å². The van der Waals surface area contributed by atoms with Crippen molar-refractivity contribution < 1.29 is 14.0 Å². The first kappa shape index (κ1) is 12.9. The van der Waals surface area contributed by atoms with Crippen molar-refractivity contribution >= 4 is 7.60 Å². The number of allylic oxidation sites excluding steroid dienone is 1. The zero-order chi connectivity index (χ0) is 10.5. The van der Waals surface area contributed by atoms with Gasteiger partial charge in [0.2, 0.25) is 0 Å². The fourth-order valence-corrected chi connectivity index (χ4v) is 2.45. The summed E-state index contributed by atoms with van der Waals surface area (Å²) in [6.07, 6.45) is 2.49. The predicted octanol–water partition coefficient (Wildman–Crippen LogP) is 2.81. The largest absolute Gasteiger partial charge is 0.331 e. The molecule has 3 unspecified atom stereocenters. The third-order valence-electron chi connectivity index (χ3n) is 2.19. The topological polar surface area (TPSA) is 46.5 Å². The fourth-order valence-electron chi connectivity index (χ4n) is 1.08. The molecule has 0 saturated carbocycles. The van der Waals surface area contributed by atoms with Gasteiger partial charge >= 0.3 is 7.60 Å². The summed E-state index contributed by atoms with van der Waals surface area (Å²) in [5.74, 6) is 0.125. The van der Waals surface area contributed by atoms with E-state index < -0.39 is 7.60 Å². The molecule has 0 radical (unpaired) electrons. The van der Waals surface area contributed by atoms with Crippen molar-refractivity contribution in [1.29, 1.82) is 0 Å². The summed E-state index contributed by atoms with van der Waals surface area (Å²) in [6, 6.07) is 0. The molecule has 0 saturated heterocycles. The molecule has 0 aliphatic heterocycles. The van der Waals surface area contributed by atoms with E-state index in [9.17, 15) is 9.46 Å². The van der Waals surface area contributed by atoms with Crippen LogP contribution in [0, 0.1) is 5.92 Å². The van der Waals surface area contributed by atoms with Gasteiger partial charge in [-0.3, -0.25) is 4.57 Å². The van der Waals surface area contributed by atoms with Crippen molar-refractivity contribution in [2.75, 3.05) is 6.61 Å². The Morgan fingerprint density at radius 2 is 2.15 bits per heavy atom. The molecule has 0 aromatic heterocycles. The van der Waals surface area contributed by atoms with Gasteiger partial charge < -0.3 is 9.42 Å². The monoisotopic (exact) mass is 206 g/mol. The zero-order valence-electron chi connectivity index (χ0n) is 8.56. The lowest BCUT2D eigenvalue weighted by molar-refractivity contribution is 0.257. The second-order valence-electron chi connectivity index (χ2n) is 3.22. The van der Waals surface area contributed by atoms with Gasteiger partial charge in [-0.05, 0) is 19.3 Å². The average molecular weight is 206 g/mol. The number of hydrogen-bond donors (Lipinski definition) is 1. The van der Waals surface area contributed by atoms with E-state index in [0.717, 1.165) is 6.42 Å². The Morgan fingerprint density at radius 3 is 2.54 bits per heavy atom. The molecule has 0 aliphatic rings. The number of hydrogen-bond acceptors (Lipinski definition) is 2. The Bertz CT molecular complexity index is 203. The minimum absolute atomic E-state index is 0.125. The first-order valence-corrected chi connectivity index (χ1v) is 6.18. The van der Waals surface area contributed by atoms with Crippen LogP contribution in [0.2, 0.25) is 0 Å². The van der Waals surface area contributed by atoms with Crippen LogP contribution >= 0.6 is 7.60 Å². The third kappa shape index (κ3) is 4.08. The molecule has 3 nitrogen and oxygen atoms in total. The minimum Gasteiger partial charge on any atom is -0.324 e. The molecule has 0 amide bonds. The molecule has 4 heteroatoms. The Balaban J connectivity index is 4.29. The molecule has 0 heterocycles. The van der Waals surface area contributed by atoms with Crippen LogP contribution in [-0.4, -0.2) is 17.2 Å². The van der Waals surface area contributed by atoms with E-state index in [-0.39, 0.29) is 18.2 Å². The summed E-state index contributed by atoms with van der Waals surface area (Å²) in [4.78, 5) is 9.48. The second-order valence-corrected chi connectivity index (χ2v) is 5.43. The van der Waals surface area contributed by atoms with Gasteiger partial charge in [-0.15, -0.1) is 6.58 Å². The molecule has 3 atom stereocenters. The van der Waals surface area contributed by atoms with Crippen molar-refractivity contribution in [3.8, 4) is 0 Å². The van der Waals surface area contributed by atoms with Crippen molar-refractivity contribution in [2.24, 2.45) is 5.92 Å². The summed E-state index contributed by atoms with van der Waals surface area (Å²) in [7, 11) is -3.42. The van der Waals surface area contributed by atoms with Crippen LogP contribution < -0.4 is 0 Å². The van der Waals surface area contributed by atoms with E-state index >= 15 is 0 Å². The molecular formula is C9H19O3P. The molecule has 0 aliphatic carbocycles. The van der Waals surface area contributed by atoms with E-state index in [1.54, 1.807) is 19.9 Å².